The van der Waals surface area contributed by atoms with Gasteiger partial charge in [0.25, 0.3) is 5.69 Å². The van der Waals surface area contributed by atoms with E-state index in [2.05, 4.69) is 33.3 Å². The molecule has 0 amide bonds. The highest BCUT2D eigenvalue weighted by molar-refractivity contribution is 14.0. The Kier molecular flexibility index (Phi) is 11.3. The van der Waals surface area contributed by atoms with Crippen LogP contribution in [0.4, 0.5) is 5.69 Å². The minimum Gasteiger partial charge on any atom is -0.356 e. The lowest BCUT2D eigenvalue weighted by Gasteiger charge is -2.12. The van der Waals surface area contributed by atoms with Crippen molar-refractivity contribution in [2.75, 3.05) is 18.6 Å². The molecule has 0 atom stereocenters. The Hall–Kier alpha value is -1.33. The third-order valence-electron chi connectivity index (χ3n) is 3.39. The minimum atomic E-state index is -0.394. The summed E-state index contributed by atoms with van der Waals surface area (Å²) in [5.74, 6) is 1.86. The second-order valence-corrected chi connectivity index (χ2v) is 7.31. The van der Waals surface area contributed by atoms with Crippen molar-refractivity contribution in [3.05, 3.63) is 62.3 Å². The van der Waals surface area contributed by atoms with E-state index in [-0.39, 0.29) is 29.7 Å². The zero-order valence-corrected chi connectivity index (χ0v) is 18.5. The fourth-order valence-corrected chi connectivity index (χ4v) is 3.15. The predicted molar refractivity (Wildman–Crippen MR) is 122 cm³/mol. The summed E-state index contributed by atoms with van der Waals surface area (Å²) in [7, 11) is 0. The van der Waals surface area contributed by atoms with Crippen molar-refractivity contribution in [3.8, 4) is 0 Å². The van der Waals surface area contributed by atoms with Gasteiger partial charge in [0.05, 0.1) is 18.0 Å². The van der Waals surface area contributed by atoms with Gasteiger partial charge in [0.15, 0.2) is 5.96 Å². The molecule has 1 aromatic heterocycles. The van der Waals surface area contributed by atoms with Gasteiger partial charge in [-0.25, -0.2) is 4.99 Å². The number of non-ortho nitro benzene ring substituents is 1. The molecule has 0 radical (unpaired) electrons. The number of nitro benzene ring substituents is 1. The van der Waals surface area contributed by atoms with E-state index in [0.717, 1.165) is 36.8 Å². The largest absolute Gasteiger partial charge is 0.356 e. The zero-order chi connectivity index (χ0) is 17.9. The van der Waals surface area contributed by atoms with Crippen molar-refractivity contribution in [2.45, 2.75) is 19.5 Å². The van der Waals surface area contributed by atoms with Gasteiger partial charge >= 0.3 is 0 Å². The Morgan fingerprint density at radius 2 is 2.04 bits per heavy atom. The summed E-state index contributed by atoms with van der Waals surface area (Å²) in [6.07, 6.45) is 3.16. The molecular formula is C17H23IN4O2S2. The topological polar surface area (TPSA) is 79.6 Å². The van der Waals surface area contributed by atoms with Gasteiger partial charge in [-0.05, 0) is 35.4 Å². The molecule has 26 heavy (non-hydrogen) atoms. The predicted octanol–water partition coefficient (Wildman–Crippen LogP) is 4.26. The van der Waals surface area contributed by atoms with Gasteiger partial charge < -0.3 is 10.6 Å². The lowest BCUT2D eigenvalue weighted by molar-refractivity contribution is -0.384. The first-order chi connectivity index (χ1) is 12.2. The van der Waals surface area contributed by atoms with Crippen molar-refractivity contribution in [1.82, 2.24) is 10.6 Å². The number of halogens is 1. The average Bonchev–Trinajstić information content (AvgIpc) is 3.14. The van der Waals surface area contributed by atoms with Crippen LogP contribution in [0, 0.1) is 10.1 Å². The van der Waals surface area contributed by atoms with Crippen molar-refractivity contribution in [2.24, 2.45) is 4.99 Å². The van der Waals surface area contributed by atoms with Crippen LogP contribution in [0.5, 0.6) is 0 Å². The van der Waals surface area contributed by atoms with E-state index < -0.39 is 4.92 Å². The van der Waals surface area contributed by atoms with Crippen molar-refractivity contribution in [1.29, 1.82) is 0 Å². The van der Waals surface area contributed by atoms with Crippen molar-refractivity contribution in [3.63, 3.8) is 0 Å². The van der Waals surface area contributed by atoms with Crippen LogP contribution in [0.15, 0.2) is 46.8 Å². The summed E-state index contributed by atoms with van der Waals surface area (Å²) in [6, 6.07) is 10.6. The van der Waals surface area contributed by atoms with E-state index in [4.69, 9.17) is 0 Å². The fraction of sp³-hybridized carbons (Fsp3) is 0.353. The van der Waals surface area contributed by atoms with Crippen LogP contribution in [0.3, 0.4) is 0 Å². The van der Waals surface area contributed by atoms with Crippen LogP contribution in [-0.4, -0.2) is 29.4 Å². The van der Waals surface area contributed by atoms with Gasteiger partial charge in [0, 0.05) is 23.6 Å². The smallest absolute Gasteiger partial charge is 0.269 e. The second-order valence-electron chi connectivity index (χ2n) is 5.29. The maximum atomic E-state index is 10.7. The maximum Gasteiger partial charge on any atom is 0.269 e. The van der Waals surface area contributed by atoms with E-state index in [1.807, 2.05) is 17.8 Å². The lowest BCUT2D eigenvalue weighted by atomic mass is 10.2. The molecule has 1 heterocycles. The van der Waals surface area contributed by atoms with Gasteiger partial charge in [-0.3, -0.25) is 10.1 Å². The summed E-state index contributed by atoms with van der Waals surface area (Å²) in [6.45, 7) is 2.06. The highest BCUT2D eigenvalue weighted by Crippen LogP contribution is 2.12. The Morgan fingerprint density at radius 1 is 1.27 bits per heavy atom. The normalized spacial score (nSPS) is 10.9. The van der Waals surface area contributed by atoms with Gasteiger partial charge in [-0.1, -0.05) is 18.2 Å². The number of thioether (sulfide) groups is 1. The van der Waals surface area contributed by atoms with Crippen LogP contribution in [0.2, 0.25) is 0 Å². The molecule has 2 aromatic rings. The molecule has 0 aliphatic heterocycles. The average molecular weight is 506 g/mol. The van der Waals surface area contributed by atoms with Crippen LogP contribution < -0.4 is 10.6 Å². The zero-order valence-electron chi connectivity index (χ0n) is 14.5. The third-order valence-corrected chi connectivity index (χ3v) is 4.97. The minimum absolute atomic E-state index is 0. The first kappa shape index (κ1) is 22.7. The molecule has 1 aromatic carbocycles. The van der Waals surface area contributed by atoms with E-state index >= 15 is 0 Å². The molecule has 0 spiro atoms. The molecule has 0 aliphatic carbocycles. The summed E-state index contributed by atoms with van der Waals surface area (Å²) in [5, 5.41) is 19.4. The van der Waals surface area contributed by atoms with Crippen molar-refractivity contribution >= 4 is 58.7 Å². The summed E-state index contributed by atoms with van der Waals surface area (Å²) < 4.78 is 0. The number of nitrogens with one attached hydrogen (secondary N) is 2. The summed E-state index contributed by atoms with van der Waals surface area (Å²) >= 11 is 3.53. The third kappa shape index (κ3) is 8.37. The van der Waals surface area contributed by atoms with E-state index in [1.54, 1.807) is 23.5 Å². The standard InChI is InChI=1S/C17H22N4O2S2.HI/c1-24-10-3-9-18-17(20-13-16-4-2-11-25-16)19-12-14-5-7-15(8-6-14)21(22)23;/h2,4-8,11H,3,9-10,12-13H2,1H3,(H2,18,19,20);1H. The number of nitro groups is 1. The molecule has 6 nitrogen and oxygen atoms in total. The number of hydrogen-bond acceptors (Lipinski definition) is 5. The van der Waals surface area contributed by atoms with Gasteiger partial charge in [-0.15, -0.1) is 35.3 Å². The first-order valence-corrected chi connectivity index (χ1v) is 10.2. The molecule has 142 valence electrons. The van der Waals surface area contributed by atoms with Crippen molar-refractivity contribution < 1.29 is 4.92 Å². The van der Waals surface area contributed by atoms with Gasteiger partial charge in [0.2, 0.25) is 0 Å². The SMILES string of the molecule is CSCCCNC(=NCc1ccc([N+](=O)[O-])cc1)NCc1cccs1.I. The Labute approximate surface area is 179 Å². The number of thiophene rings is 1. The molecule has 0 saturated heterocycles. The fourth-order valence-electron chi connectivity index (χ4n) is 2.08. The van der Waals surface area contributed by atoms with E-state index in [9.17, 15) is 10.1 Å². The summed E-state index contributed by atoms with van der Waals surface area (Å²) in [5.41, 5.74) is 1.03. The Morgan fingerprint density at radius 3 is 2.65 bits per heavy atom. The van der Waals surface area contributed by atoms with Crippen LogP contribution in [-0.2, 0) is 13.1 Å². The maximum absolute atomic E-state index is 10.7. The molecule has 2 N–H and O–H groups in total. The Bertz CT molecular complexity index is 679. The van der Waals surface area contributed by atoms with Gasteiger partial charge in [0.1, 0.15) is 0 Å². The quantitative estimate of drug-likeness (QED) is 0.133. The van der Waals surface area contributed by atoms with Crippen LogP contribution in [0.25, 0.3) is 0 Å². The van der Waals surface area contributed by atoms with Gasteiger partial charge in [-0.2, -0.15) is 11.8 Å². The molecule has 0 unspecified atom stereocenters. The monoisotopic (exact) mass is 506 g/mol. The Balaban J connectivity index is 0.00000338. The van der Waals surface area contributed by atoms with Crippen LogP contribution in [0.1, 0.15) is 16.9 Å². The van der Waals surface area contributed by atoms with Crippen LogP contribution >= 0.6 is 47.1 Å². The molecule has 9 heteroatoms. The number of aliphatic imine (C=N–C) groups is 1. The number of benzene rings is 1. The molecule has 2 rings (SSSR count). The second kappa shape index (κ2) is 12.9. The molecule has 0 aliphatic rings. The lowest BCUT2D eigenvalue weighted by Crippen LogP contribution is -2.37. The number of hydrogen-bond donors (Lipinski definition) is 2. The molecular weight excluding hydrogens is 483 g/mol. The van der Waals surface area contributed by atoms with E-state index in [1.165, 1.54) is 17.0 Å². The first-order valence-electron chi connectivity index (χ1n) is 7.96. The molecule has 0 fully saturated rings. The number of guanidine groups is 1. The highest BCUT2D eigenvalue weighted by Gasteiger charge is 2.04. The van der Waals surface area contributed by atoms with E-state index in [0.29, 0.717) is 6.54 Å². The summed E-state index contributed by atoms with van der Waals surface area (Å²) in [4.78, 5) is 16.1. The molecule has 0 bridgehead atoms. The highest BCUT2D eigenvalue weighted by atomic mass is 127. The molecule has 0 saturated carbocycles. The number of rotatable bonds is 9. The number of nitrogens with zero attached hydrogens (tertiary/aromatic N) is 2.